The summed E-state index contributed by atoms with van der Waals surface area (Å²) in [7, 11) is 1.55. The number of para-hydroxylation sites is 2. The van der Waals surface area contributed by atoms with Gasteiger partial charge in [-0.2, -0.15) is 0 Å². The Kier molecular flexibility index (Phi) is 7.23. The summed E-state index contributed by atoms with van der Waals surface area (Å²) in [5, 5.41) is 6.73. The number of nitrogens with zero attached hydrogens (tertiary/aromatic N) is 1. The number of carbonyl (C=O) groups excluding carboxylic acids is 1. The van der Waals surface area contributed by atoms with Crippen LogP contribution < -0.4 is 14.8 Å². The SMILES string of the molecule is COc1ccccc1NC(=O)COc1ccc(/C=N/OCc2ccccc2)cc1. The van der Waals surface area contributed by atoms with E-state index in [1.807, 2.05) is 54.6 Å². The summed E-state index contributed by atoms with van der Waals surface area (Å²) >= 11 is 0. The van der Waals surface area contributed by atoms with Crippen molar-refractivity contribution >= 4 is 17.8 Å². The summed E-state index contributed by atoms with van der Waals surface area (Å²) in [5.41, 5.74) is 2.52. The van der Waals surface area contributed by atoms with Crippen molar-refractivity contribution in [3.8, 4) is 11.5 Å². The molecule has 0 fully saturated rings. The van der Waals surface area contributed by atoms with Crippen LogP contribution >= 0.6 is 0 Å². The Bertz CT molecular complexity index is 941. The first kappa shape index (κ1) is 19.9. The molecular formula is C23H22N2O4. The first-order valence-electron chi connectivity index (χ1n) is 9.09. The number of carbonyl (C=O) groups is 1. The summed E-state index contributed by atoms with van der Waals surface area (Å²) in [6.45, 7) is 0.311. The smallest absolute Gasteiger partial charge is 0.262 e. The molecule has 0 saturated carbocycles. The van der Waals surface area contributed by atoms with Gasteiger partial charge in [-0.25, -0.2) is 0 Å². The van der Waals surface area contributed by atoms with Crippen molar-refractivity contribution in [1.29, 1.82) is 0 Å². The van der Waals surface area contributed by atoms with Crippen LogP contribution in [0.5, 0.6) is 11.5 Å². The van der Waals surface area contributed by atoms with Gasteiger partial charge in [0.2, 0.25) is 0 Å². The molecule has 0 saturated heterocycles. The van der Waals surface area contributed by atoms with Crippen LogP contribution in [0.2, 0.25) is 0 Å². The summed E-state index contributed by atoms with van der Waals surface area (Å²) in [4.78, 5) is 17.4. The topological polar surface area (TPSA) is 69.2 Å². The first-order valence-corrected chi connectivity index (χ1v) is 9.09. The Hall–Kier alpha value is -3.80. The van der Waals surface area contributed by atoms with E-state index in [9.17, 15) is 4.79 Å². The molecule has 6 nitrogen and oxygen atoms in total. The zero-order valence-electron chi connectivity index (χ0n) is 16.1. The molecule has 148 valence electrons. The van der Waals surface area contributed by atoms with Crippen molar-refractivity contribution in [3.05, 3.63) is 90.0 Å². The van der Waals surface area contributed by atoms with Gasteiger partial charge in [0.05, 0.1) is 19.0 Å². The van der Waals surface area contributed by atoms with Crippen LogP contribution in [0, 0.1) is 0 Å². The fraction of sp³-hybridized carbons (Fsp3) is 0.130. The molecular weight excluding hydrogens is 368 g/mol. The minimum atomic E-state index is -0.269. The van der Waals surface area contributed by atoms with Crippen LogP contribution in [0.1, 0.15) is 11.1 Å². The Morgan fingerprint density at radius 3 is 2.45 bits per heavy atom. The molecule has 0 aliphatic rings. The van der Waals surface area contributed by atoms with Crippen LogP contribution in [0.25, 0.3) is 0 Å². The van der Waals surface area contributed by atoms with E-state index in [0.717, 1.165) is 11.1 Å². The minimum Gasteiger partial charge on any atom is -0.495 e. The van der Waals surface area contributed by atoms with Crippen LogP contribution in [-0.4, -0.2) is 25.8 Å². The number of amides is 1. The third-order valence-corrected chi connectivity index (χ3v) is 3.98. The molecule has 1 amide bonds. The van der Waals surface area contributed by atoms with Gasteiger partial charge in [0.15, 0.2) is 6.61 Å². The number of benzene rings is 3. The maximum atomic E-state index is 12.1. The molecule has 0 aliphatic heterocycles. The quantitative estimate of drug-likeness (QED) is 0.438. The van der Waals surface area contributed by atoms with Crippen LogP contribution in [0.15, 0.2) is 84.0 Å². The molecule has 0 radical (unpaired) electrons. The van der Waals surface area contributed by atoms with Gasteiger partial charge in [-0.3, -0.25) is 4.79 Å². The van der Waals surface area contributed by atoms with Gasteiger partial charge in [0.1, 0.15) is 18.1 Å². The average Bonchev–Trinajstić information content (AvgIpc) is 2.77. The number of hydrogen-bond donors (Lipinski definition) is 1. The van der Waals surface area contributed by atoms with Crippen molar-refractivity contribution in [1.82, 2.24) is 0 Å². The van der Waals surface area contributed by atoms with E-state index in [-0.39, 0.29) is 12.5 Å². The zero-order valence-corrected chi connectivity index (χ0v) is 16.1. The van der Waals surface area contributed by atoms with Crippen molar-refractivity contribution in [2.75, 3.05) is 19.0 Å². The van der Waals surface area contributed by atoms with Crippen LogP contribution in [0.4, 0.5) is 5.69 Å². The lowest BCUT2D eigenvalue weighted by Crippen LogP contribution is -2.20. The van der Waals surface area contributed by atoms with Gasteiger partial charge in [-0.05, 0) is 47.5 Å². The Morgan fingerprint density at radius 2 is 1.69 bits per heavy atom. The van der Waals surface area contributed by atoms with E-state index in [2.05, 4.69) is 10.5 Å². The number of methoxy groups -OCH3 is 1. The number of anilines is 1. The summed E-state index contributed by atoms with van der Waals surface area (Å²) < 4.78 is 10.7. The molecule has 1 N–H and O–H groups in total. The molecule has 0 bridgehead atoms. The largest absolute Gasteiger partial charge is 0.495 e. The van der Waals surface area contributed by atoms with E-state index in [1.54, 1.807) is 37.6 Å². The van der Waals surface area contributed by atoms with Gasteiger partial charge in [-0.15, -0.1) is 0 Å². The second kappa shape index (κ2) is 10.5. The Morgan fingerprint density at radius 1 is 0.966 bits per heavy atom. The summed E-state index contributed by atoms with van der Waals surface area (Å²) in [5.74, 6) is 0.913. The molecule has 3 rings (SSSR count). The second-order valence-corrected chi connectivity index (χ2v) is 6.10. The molecule has 0 atom stereocenters. The number of ether oxygens (including phenoxy) is 2. The van der Waals surface area contributed by atoms with E-state index in [1.165, 1.54) is 0 Å². The number of hydrogen-bond acceptors (Lipinski definition) is 5. The third-order valence-electron chi connectivity index (χ3n) is 3.98. The van der Waals surface area contributed by atoms with E-state index < -0.39 is 0 Å². The Balaban J connectivity index is 1.44. The monoisotopic (exact) mass is 390 g/mol. The van der Waals surface area contributed by atoms with Crippen molar-refractivity contribution in [3.63, 3.8) is 0 Å². The summed E-state index contributed by atoms with van der Waals surface area (Å²) in [6.07, 6.45) is 1.63. The molecule has 0 aliphatic carbocycles. The predicted molar refractivity (Wildman–Crippen MR) is 112 cm³/mol. The highest BCUT2D eigenvalue weighted by Crippen LogP contribution is 2.22. The third kappa shape index (κ3) is 6.39. The lowest BCUT2D eigenvalue weighted by Gasteiger charge is -2.10. The molecule has 3 aromatic carbocycles. The highest BCUT2D eigenvalue weighted by Gasteiger charge is 2.07. The predicted octanol–water partition coefficient (Wildman–Crippen LogP) is 4.26. The molecule has 3 aromatic rings. The van der Waals surface area contributed by atoms with E-state index >= 15 is 0 Å². The normalized spacial score (nSPS) is 10.5. The van der Waals surface area contributed by atoms with E-state index in [0.29, 0.717) is 23.8 Å². The van der Waals surface area contributed by atoms with Crippen molar-refractivity contribution in [2.24, 2.45) is 5.16 Å². The molecule has 0 unspecified atom stereocenters. The lowest BCUT2D eigenvalue weighted by molar-refractivity contribution is -0.118. The fourth-order valence-electron chi connectivity index (χ4n) is 2.52. The maximum absolute atomic E-state index is 12.1. The van der Waals surface area contributed by atoms with Gasteiger partial charge >= 0.3 is 0 Å². The van der Waals surface area contributed by atoms with Gasteiger partial charge in [-0.1, -0.05) is 47.6 Å². The zero-order chi connectivity index (χ0) is 20.3. The minimum absolute atomic E-state index is 0.105. The molecule has 29 heavy (non-hydrogen) atoms. The van der Waals surface area contributed by atoms with Gasteiger partial charge < -0.3 is 19.6 Å². The van der Waals surface area contributed by atoms with Crippen LogP contribution in [0.3, 0.4) is 0 Å². The average molecular weight is 390 g/mol. The summed E-state index contributed by atoms with van der Waals surface area (Å²) in [6, 6.07) is 24.2. The number of rotatable bonds is 9. The van der Waals surface area contributed by atoms with Crippen molar-refractivity contribution < 1.29 is 19.1 Å². The molecule has 0 heterocycles. The maximum Gasteiger partial charge on any atom is 0.262 e. The fourth-order valence-corrected chi connectivity index (χ4v) is 2.52. The molecule has 0 spiro atoms. The van der Waals surface area contributed by atoms with E-state index in [4.69, 9.17) is 14.3 Å². The highest BCUT2D eigenvalue weighted by atomic mass is 16.6. The Labute approximate surface area is 169 Å². The van der Waals surface area contributed by atoms with Crippen LogP contribution in [-0.2, 0) is 16.2 Å². The second-order valence-electron chi connectivity index (χ2n) is 6.10. The molecule has 0 aromatic heterocycles. The number of nitrogens with one attached hydrogen (secondary N) is 1. The first-order chi connectivity index (χ1) is 14.2. The lowest BCUT2D eigenvalue weighted by atomic mass is 10.2. The molecule has 6 heteroatoms. The van der Waals surface area contributed by atoms with Gasteiger partial charge in [0, 0.05) is 0 Å². The van der Waals surface area contributed by atoms with Gasteiger partial charge in [0.25, 0.3) is 5.91 Å². The highest BCUT2D eigenvalue weighted by molar-refractivity contribution is 5.93. The standard InChI is InChI=1S/C23H22N2O4/c1-27-22-10-6-5-9-21(22)25-23(26)17-28-20-13-11-18(12-14-20)15-24-29-16-19-7-3-2-4-8-19/h2-15H,16-17H2,1H3,(H,25,26)/b24-15+. The number of oxime groups is 1. The van der Waals surface area contributed by atoms with Crippen molar-refractivity contribution in [2.45, 2.75) is 6.61 Å².